The van der Waals surface area contributed by atoms with E-state index in [1.165, 1.54) is 12.1 Å². The number of halogens is 1. The molecule has 3 heteroatoms. The second kappa shape index (κ2) is 6.52. The maximum Gasteiger partial charge on any atom is 0.150 e. The lowest BCUT2D eigenvalue weighted by atomic mass is 10.2. The van der Waals surface area contributed by atoms with Crippen molar-refractivity contribution in [2.45, 2.75) is 12.6 Å². The summed E-state index contributed by atoms with van der Waals surface area (Å²) in [5, 5.41) is 1.59. The minimum absolute atomic E-state index is 0.303. The van der Waals surface area contributed by atoms with Gasteiger partial charge in [0.2, 0.25) is 0 Å². The first kappa shape index (κ1) is 15.7. The lowest BCUT2D eigenvalue weighted by Crippen LogP contribution is -2.20. The molecule has 0 saturated heterocycles. The summed E-state index contributed by atoms with van der Waals surface area (Å²) in [7, 11) is -2.92. The fraction of sp³-hybridized carbons (Fsp3) is 0.100. The fourth-order valence-electron chi connectivity index (χ4n) is 2.87. The van der Waals surface area contributed by atoms with Crippen molar-refractivity contribution in [1.29, 1.82) is 0 Å². The number of rotatable bonds is 4. The zero-order valence-electron chi connectivity index (χ0n) is 12.9. The summed E-state index contributed by atoms with van der Waals surface area (Å²) in [6.07, 6.45) is 0. The number of hydrogen-bond donors (Lipinski definition) is 0. The highest BCUT2D eigenvalue weighted by Gasteiger charge is 2.34. The van der Waals surface area contributed by atoms with Crippen LogP contribution in [0.1, 0.15) is 18.1 Å². The van der Waals surface area contributed by atoms with Gasteiger partial charge >= 0.3 is 0 Å². The molecule has 0 spiro atoms. The Labute approximate surface area is 136 Å². The van der Waals surface area contributed by atoms with Crippen molar-refractivity contribution in [3.63, 3.8) is 0 Å². The Morgan fingerprint density at radius 2 is 1.30 bits per heavy atom. The van der Waals surface area contributed by atoms with Gasteiger partial charge in [0.1, 0.15) is 13.0 Å². The molecular formula is C20H18FOP. The van der Waals surface area contributed by atoms with Crippen molar-refractivity contribution in [1.82, 2.24) is 0 Å². The van der Waals surface area contributed by atoms with E-state index >= 15 is 0 Å². The highest BCUT2D eigenvalue weighted by Crippen LogP contribution is 2.56. The summed E-state index contributed by atoms with van der Waals surface area (Å²) >= 11 is 0. The summed E-state index contributed by atoms with van der Waals surface area (Å²) in [4.78, 5) is 0. The van der Waals surface area contributed by atoms with Gasteiger partial charge in [-0.15, -0.1) is 0 Å². The van der Waals surface area contributed by atoms with Gasteiger partial charge < -0.3 is 4.57 Å². The second-order valence-electron chi connectivity index (χ2n) is 5.56. The third-order valence-electron chi connectivity index (χ3n) is 4.16. The van der Waals surface area contributed by atoms with E-state index in [1.807, 2.05) is 73.7 Å². The standard InChI is InChI=1S/C20H18FOP/c1-16(17-9-8-10-18(21)15-17)23(22,19-11-4-2-5-12-19)20-13-6-3-7-14-20/h2-16H,1H3/t16-/m0/s1. The van der Waals surface area contributed by atoms with E-state index in [9.17, 15) is 8.96 Å². The molecule has 1 atom stereocenters. The largest absolute Gasteiger partial charge is 0.313 e. The van der Waals surface area contributed by atoms with E-state index < -0.39 is 7.14 Å². The average Bonchev–Trinajstić information content (AvgIpc) is 2.62. The Hall–Kier alpha value is -2.18. The normalized spacial score (nSPS) is 12.8. The molecule has 3 rings (SSSR count). The van der Waals surface area contributed by atoms with Gasteiger partial charge in [0, 0.05) is 16.3 Å². The second-order valence-corrected chi connectivity index (χ2v) is 8.68. The van der Waals surface area contributed by atoms with Gasteiger partial charge in [-0.1, -0.05) is 79.7 Å². The van der Waals surface area contributed by atoms with Crippen LogP contribution in [0.3, 0.4) is 0 Å². The van der Waals surface area contributed by atoms with Gasteiger partial charge in [0.05, 0.1) is 0 Å². The molecule has 0 unspecified atom stereocenters. The van der Waals surface area contributed by atoms with Crippen molar-refractivity contribution >= 4 is 17.8 Å². The summed E-state index contributed by atoms with van der Waals surface area (Å²) in [6, 6.07) is 25.3. The molecule has 0 fully saturated rings. The smallest absolute Gasteiger partial charge is 0.150 e. The first-order valence-electron chi connectivity index (χ1n) is 7.59. The molecule has 116 valence electrons. The average molecular weight is 324 g/mol. The maximum absolute atomic E-state index is 14.1. The van der Waals surface area contributed by atoms with Crippen LogP contribution in [-0.4, -0.2) is 0 Å². The minimum Gasteiger partial charge on any atom is -0.313 e. The Morgan fingerprint density at radius 3 is 1.78 bits per heavy atom. The van der Waals surface area contributed by atoms with Crippen LogP contribution in [0.5, 0.6) is 0 Å². The zero-order chi connectivity index (χ0) is 16.3. The first-order valence-corrected chi connectivity index (χ1v) is 9.36. The molecule has 0 aromatic heterocycles. The van der Waals surface area contributed by atoms with Crippen LogP contribution >= 0.6 is 7.14 Å². The van der Waals surface area contributed by atoms with Gasteiger partial charge in [-0.3, -0.25) is 0 Å². The third-order valence-corrected chi connectivity index (χ3v) is 7.68. The fourth-order valence-corrected chi connectivity index (χ4v) is 5.87. The van der Waals surface area contributed by atoms with Gasteiger partial charge in [0.15, 0.2) is 0 Å². The summed E-state index contributed by atoms with van der Waals surface area (Å²) in [5.74, 6) is -0.304. The summed E-state index contributed by atoms with van der Waals surface area (Å²) in [5.41, 5.74) is 0.448. The molecule has 3 aromatic carbocycles. The van der Waals surface area contributed by atoms with E-state index in [1.54, 1.807) is 6.07 Å². The van der Waals surface area contributed by atoms with E-state index in [4.69, 9.17) is 0 Å². The Bertz CT molecular complexity index is 787. The van der Waals surface area contributed by atoms with Gasteiger partial charge in [-0.25, -0.2) is 4.39 Å². The van der Waals surface area contributed by atoms with Crippen LogP contribution < -0.4 is 10.6 Å². The molecular weight excluding hydrogens is 306 g/mol. The van der Waals surface area contributed by atoms with E-state index in [0.29, 0.717) is 0 Å². The molecule has 3 aromatic rings. The predicted octanol–water partition coefficient (Wildman–Crippen LogP) is 4.90. The van der Waals surface area contributed by atoms with E-state index in [0.717, 1.165) is 16.2 Å². The Morgan fingerprint density at radius 1 is 0.783 bits per heavy atom. The molecule has 0 N–H and O–H groups in total. The molecule has 1 nitrogen and oxygen atoms in total. The quantitative estimate of drug-likeness (QED) is 0.624. The van der Waals surface area contributed by atoms with Crippen molar-refractivity contribution in [2.24, 2.45) is 0 Å². The molecule has 0 amide bonds. The third kappa shape index (κ3) is 3.00. The van der Waals surface area contributed by atoms with E-state index in [-0.39, 0.29) is 11.5 Å². The first-order chi connectivity index (χ1) is 11.1. The predicted molar refractivity (Wildman–Crippen MR) is 94.6 cm³/mol. The van der Waals surface area contributed by atoms with Crippen LogP contribution in [0.25, 0.3) is 0 Å². The van der Waals surface area contributed by atoms with Crippen molar-refractivity contribution in [3.8, 4) is 0 Å². The van der Waals surface area contributed by atoms with Crippen LogP contribution in [0.15, 0.2) is 84.9 Å². The topological polar surface area (TPSA) is 17.1 Å². The molecule has 0 saturated carbocycles. The molecule has 0 radical (unpaired) electrons. The Balaban J connectivity index is 2.19. The molecule has 0 heterocycles. The molecule has 0 aliphatic rings. The van der Waals surface area contributed by atoms with Gasteiger partial charge in [-0.2, -0.15) is 0 Å². The summed E-state index contributed by atoms with van der Waals surface area (Å²) in [6.45, 7) is 1.91. The van der Waals surface area contributed by atoms with Crippen LogP contribution in [0, 0.1) is 5.82 Å². The maximum atomic E-state index is 14.1. The number of hydrogen-bond acceptors (Lipinski definition) is 1. The van der Waals surface area contributed by atoms with Crippen LogP contribution in [-0.2, 0) is 4.57 Å². The molecule has 0 aliphatic heterocycles. The Kier molecular flexibility index (Phi) is 4.45. The van der Waals surface area contributed by atoms with Crippen molar-refractivity contribution < 1.29 is 8.96 Å². The van der Waals surface area contributed by atoms with E-state index in [2.05, 4.69) is 0 Å². The monoisotopic (exact) mass is 324 g/mol. The van der Waals surface area contributed by atoms with Crippen molar-refractivity contribution in [3.05, 3.63) is 96.3 Å². The highest BCUT2D eigenvalue weighted by atomic mass is 31.2. The zero-order valence-corrected chi connectivity index (χ0v) is 13.8. The van der Waals surface area contributed by atoms with Crippen LogP contribution in [0.4, 0.5) is 4.39 Å². The van der Waals surface area contributed by atoms with Crippen LogP contribution in [0.2, 0.25) is 0 Å². The lowest BCUT2D eigenvalue weighted by Gasteiger charge is -2.26. The lowest BCUT2D eigenvalue weighted by molar-refractivity contribution is 0.580. The number of benzene rings is 3. The molecule has 0 bridgehead atoms. The summed E-state index contributed by atoms with van der Waals surface area (Å²) < 4.78 is 27.7. The van der Waals surface area contributed by atoms with Gasteiger partial charge in [0.25, 0.3) is 0 Å². The molecule has 23 heavy (non-hydrogen) atoms. The molecule has 0 aliphatic carbocycles. The SMILES string of the molecule is C[C@@H](c1cccc(F)c1)P(=O)(c1ccccc1)c1ccccc1. The minimum atomic E-state index is -2.92. The van der Waals surface area contributed by atoms with Crippen molar-refractivity contribution in [2.75, 3.05) is 0 Å². The van der Waals surface area contributed by atoms with Gasteiger partial charge in [-0.05, 0) is 17.7 Å². The highest BCUT2D eigenvalue weighted by molar-refractivity contribution is 7.79.